The Hall–Kier alpha value is -2.57. The number of anilines is 1. The van der Waals surface area contributed by atoms with Crippen molar-refractivity contribution < 1.29 is 9.90 Å². The van der Waals surface area contributed by atoms with Gasteiger partial charge in [0.15, 0.2) is 5.11 Å². The van der Waals surface area contributed by atoms with Gasteiger partial charge in [0.25, 0.3) is 5.91 Å². The zero-order chi connectivity index (χ0) is 18.0. The van der Waals surface area contributed by atoms with Crippen molar-refractivity contribution in [2.24, 2.45) is 0 Å². The van der Waals surface area contributed by atoms with Gasteiger partial charge in [-0.2, -0.15) is 0 Å². The molecule has 0 saturated carbocycles. The highest BCUT2D eigenvalue weighted by Crippen LogP contribution is 2.30. The molecule has 2 aromatic rings. The Kier molecular flexibility index (Phi) is 4.92. The molecule has 3 rings (SSSR count). The van der Waals surface area contributed by atoms with E-state index in [0.29, 0.717) is 27.1 Å². The van der Waals surface area contributed by atoms with Crippen molar-refractivity contribution in [1.82, 2.24) is 10.6 Å². The molecule has 0 unspecified atom stereocenters. The van der Waals surface area contributed by atoms with Crippen LogP contribution in [0.5, 0.6) is 5.75 Å². The Morgan fingerprint density at radius 1 is 1.20 bits per heavy atom. The van der Waals surface area contributed by atoms with Gasteiger partial charge in [-0.25, -0.2) is 0 Å². The quantitative estimate of drug-likeness (QED) is 0.620. The summed E-state index contributed by atoms with van der Waals surface area (Å²) in [5.41, 5.74) is 2.50. The van der Waals surface area contributed by atoms with Gasteiger partial charge >= 0.3 is 0 Å². The number of hydrogen-bond donors (Lipinski definition) is 4. The number of rotatable bonds is 3. The number of hydrogen-bond acceptors (Lipinski definition) is 3. The predicted molar refractivity (Wildman–Crippen MR) is 102 cm³/mol. The maximum atomic E-state index is 12.9. The van der Waals surface area contributed by atoms with Crippen molar-refractivity contribution in [1.29, 1.82) is 0 Å². The molecule has 1 amide bonds. The first kappa shape index (κ1) is 17.3. The number of halogens is 1. The minimum Gasteiger partial charge on any atom is -0.508 e. The lowest BCUT2D eigenvalue weighted by Crippen LogP contribution is -2.45. The van der Waals surface area contributed by atoms with E-state index in [1.807, 2.05) is 0 Å². The molecule has 1 atom stereocenters. The van der Waals surface area contributed by atoms with Crippen molar-refractivity contribution in [2.45, 2.75) is 13.0 Å². The summed E-state index contributed by atoms with van der Waals surface area (Å²) in [5, 5.41) is 19.3. The number of para-hydroxylation sites is 1. The number of carbonyl (C=O) groups is 1. The molecule has 4 N–H and O–H groups in total. The van der Waals surface area contributed by atoms with Crippen LogP contribution in [-0.2, 0) is 4.79 Å². The Bertz CT molecular complexity index is 865. The van der Waals surface area contributed by atoms with Gasteiger partial charge in [0.1, 0.15) is 5.75 Å². The average Bonchev–Trinajstić information content (AvgIpc) is 2.57. The van der Waals surface area contributed by atoms with Crippen LogP contribution < -0.4 is 16.0 Å². The van der Waals surface area contributed by atoms with Crippen LogP contribution in [0.2, 0.25) is 5.02 Å². The van der Waals surface area contributed by atoms with Crippen LogP contribution in [0, 0.1) is 0 Å². The highest BCUT2D eigenvalue weighted by Gasteiger charge is 2.30. The van der Waals surface area contributed by atoms with Crippen LogP contribution in [0.4, 0.5) is 5.69 Å². The fraction of sp³-hybridized carbons (Fsp3) is 0.111. The average molecular weight is 374 g/mol. The monoisotopic (exact) mass is 373 g/mol. The van der Waals surface area contributed by atoms with E-state index in [9.17, 15) is 9.90 Å². The molecular formula is C18H16ClN3O2S. The second-order valence-corrected chi connectivity index (χ2v) is 6.41. The highest BCUT2D eigenvalue weighted by atomic mass is 35.5. The van der Waals surface area contributed by atoms with Crippen LogP contribution in [0.25, 0.3) is 0 Å². The van der Waals surface area contributed by atoms with E-state index < -0.39 is 6.04 Å². The molecule has 0 spiro atoms. The number of aromatic hydroxyl groups is 1. The number of thiocarbonyl (C=S) groups is 1. The number of amides is 1. The van der Waals surface area contributed by atoms with Crippen molar-refractivity contribution in [3.05, 3.63) is 70.4 Å². The molecule has 0 bridgehead atoms. The van der Waals surface area contributed by atoms with Crippen LogP contribution >= 0.6 is 23.8 Å². The number of allylic oxidation sites excluding steroid dienone is 1. The van der Waals surface area contributed by atoms with E-state index in [4.69, 9.17) is 23.8 Å². The standard InChI is InChI=1S/C18H16ClN3O2S/c1-10-15(17(24)21-14-5-3-2-4-13(14)19)16(22-18(25)20-10)11-6-8-12(23)9-7-11/h2-9,16,23H,1H3,(H,21,24)(H2,20,22,25)/t16-/m1/s1. The van der Waals surface area contributed by atoms with Crippen LogP contribution in [-0.4, -0.2) is 16.1 Å². The second kappa shape index (κ2) is 7.13. The van der Waals surface area contributed by atoms with Gasteiger partial charge in [-0.3, -0.25) is 4.79 Å². The number of benzene rings is 2. The number of phenols is 1. The summed E-state index contributed by atoms with van der Waals surface area (Å²) in [6, 6.07) is 13.2. The summed E-state index contributed by atoms with van der Waals surface area (Å²) in [7, 11) is 0. The van der Waals surface area contributed by atoms with Gasteiger partial charge in [0, 0.05) is 5.70 Å². The largest absolute Gasteiger partial charge is 0.508 e. The molecule has 25 heavy (non-hydrogen) atoms. The first-order chi connectivity index (χ1) is 12.0. The van der Waals surface area contributed by atoms with Crippen molar-refractivity contribution >= 4 is 40.5 Å². The first-order valence-electron chi connectivity index (χ1n) is 7.59. The minimum atomic E-state index is -0.433. The van der Waals surface area contributed by atoms with Gasteiger partial charge in [0.2, 0.25) is 0 Å². The summed E-state index contributed by atoms with van der Waals surface area (Å²) in [4.78, 5) is 12.9. The predicted octanol–water partition coefficient (Wildman–Crippen LogP) is 3.48. The lowest BCUT2D eigenvalue weighted by Gasteiger charge is -2.30. The zero-order valence-electron chi connectivity index (χ0n) is 13.3. The molecule has 1 aliphatic heterocycles. The van der Waals surface area contributed by atoms with Crippen LogP contribution in [0.1, 0.15) is 18.5 Å². The fourth-order valence-electron chi connectivity index (χ4n) is 2.66. The summed E-state index contributed by atoms with van der Waals surface area (Å²) in [6.07, 6.45) is 0. The third kappa shape index (κ3) is 3.75. The first-order valence-corrected chi connectivity index (χ1v) is 8.37. The second-order valence-electron chi connectivity index (χ2n) is 5.60. The molecule has 5 nitrogen and oxygen atoms in total. The lowest BCUT2D eigenvalue weighted by molar-refractivity contribution is -0.113. The van der Waals surface area contributed by atoms with Crippen LogP contribution in [0.3, 0.4) is 0 Å². The van der Waals surface area contributed by atoms with E-state index in [-0.39, 0.29) is 11.7 Å². The highest BCUT2D eigenvalue weighted by molar-refractivity contribution is 7.80. The molecule has 128 valence electrons. The van der Waals surface area contributed by atoms with Crippen LogP contribution in [0.15, 0.2) is 59.8 Å². The summed E-state index contributed by atoms with van der Waals surface area (Å²) in [6.45, 7) is 1.79. The number of carbonyl (C=O) groups excluding carboxylic acids is 1. The van der Waals surface area contributed by atoms with Gasteiger partial charge in [-0.15, -0.1) is 0 Å². The third-order valence-electron chi connectivity index (χ3n) is 3.86. The maximum Gasteiger partial charge on any atom is 0.255 e. The summed E-state index contributed by atoms with van der Waals surface area (Å²) < 4.78 is 0. The van der Waals surface area contributed by atoms with Gasteiger partial charge in [-0.05, 0) is 49.0 Å². The number of phenolic OH excluding ortho intramolecular Hbond substituents is 1. The molecule has 0 fully saturated rings. The summed E-state index contributed by atoms with van der Waals surface area (Å²) in [5.74, 6) is -0.130. The lowest BCUT2D eigenvalue weighted by atomic mass is 9.95. The van der Waals surface area contributed by atoms with Crippen molar-refractivity contribution in [2.75, 3.05) is 5.32 Å². The molecule has 1 heterocycles. The Balaban J connectivity index is 1.96. The van der Waals surface area contributed by atoms with E-state index in [0.717, 1.165) is 5.56 Å². The molecule has 7 heteroatoms. The fourth-order valence-corrected chi connectivity index (χ4v) is 3.12. The van der Waals surface area contributed by atoms with Gasteiger partial charge < -0.3 is 21.1 Å². The normalized spacial score (nSPS) is 16.9. The van der Waals surface area contributed by atoms with Crippen molar-refractivity contribution in [3.63, 3.8) is 0 Å². The molecule has 1 aliphatic rings. The Morgan fingerprint density at radius 3 is 2.56 bits per heavy atom. The van der Waals surface area contributed by atoms with E-state index in [1.165, 1.54) is 0 Å². The summed E-state index contributed by atoms with van der Waals surface area (Å²) >= 11 is 11.3. The number of nitrogens with one attached hydrogen (secondary N) is 3. The third-order valence-corrected chi connectivity index (χ3v) is 4.41. The molecule has 0 aromatic heterocycles. The zero-order valence-corrected chi connectivity index (χ0v) is 14.9. The van der Waals surface area contributed by atoms with Gasteiger partial charge in [0.05, 0.1) is 22.3 Å². The van der Waals surface area contributed by atoms with Crippen molar-refractivity contribution in [3.8, 4) is 5.75 Å². The van der Waals surface area contributed by atoms with Gasteiger partial charge in [-0.1, -0.05) is 35.9 Å². The van der Waals surface area contributed by atoms with E-state index in [2.05, 4.69) is 16.0 Å². The Morgan fingerprint density at radius 2 is 1.88 bits per heavy atom. The SMILES string of the molecule is CC1=C(C(=O)Nc2ccccc2Cl)[C@@H](c2ccc(O)cc2)NC(=S)N1. The van der Waals surface area contributed by atoms with E-state index >= 15 is 0 Å². The van der Waals surface area contributed by atoms with E-state index in [1.54, 1.807) is 55.5 Å². The molecule has 2 aromatic carbocycles. The molecule has 0 aliphatic carbocycles. The molecule has 0 saturated heterocycles. The minimum absolute atomic E-state index is 0.156. The Labute approximate surface area is 155 Å². The molecular weight excluding hydrogens is 358 g/mol. The maximum absolute atomic E-state index is 12.9. The smallest absolute Gasteiger partial charge is 0.255 e. The molecule has 0 radical (unpaired) electrons. The topological polar surface area (TPSA) is 73.4 Å².